The molecule has 4 nitrogen and oxygen atoms in total. The van der Waals surface area contributed by atoms with Crippen molar-refractivity contribution in [3.8, 4) is 0 Å². The van der Waals surface area contributed by atoms with Crippen LogP contribution in [-0.4, -0.2) is 29.7 Å². The molecular formula is C9H8ClNO3. The van der Waals surface area contributed by atoms with Gasteiger partial charge in [-0.2, -0.15) is 0 Å². The zero-order valence-corrected chi connectivity index (χ0v) is 8.08. The fraction of sp³-hybridized carbons (Fsp3) is 0.333. The first-order valence-electron chi connectivity index (χ1n) is 4.22. The van der Waals surface area contributed by atoms with Gasteiger partial charge in [-0.25, -0.2) is 0 Å². The number of carbonyl (C=O) groups excluding carboxylic acids is 2. The summed E-state index contributed by atoms with van der Waals surface area (Å²) < 4.78 is 4.81. The number of hydrogen-bond acceptors (Lipinski definition) is 3. The first-order valence-corrected chi connectivity index (χ1v) is 4.60. The van der Waals surface area contributed by atoms with E-state index in [0.717, 1.165) is 0 Å². The molecule has 1 saturated heterocycles. The highest BCUT2D eigenvalue weighted by molar-refractivity contribution is 6.32. The third-order valence-electron chi connectivity index (χ3n) is 2.16. The minimum atomic E-state index is -0.241. The van der Waals surface area contributed by atoms with Gasteiger partial charge in [0.2, 0.25) is 5.22 Å². The molecule has 1 aromatic rings. The standard InChI is InChI=1S/C9H8ClNO3/c10-8-7(2-4-14-8)9(13)11-3-1-6(12)5-11/h2,4H,1,3,5H2. The van der Waals surface area contributed by atoms with Crippen LogP contribution in [0.25, 0.3) is 0 Å². The molecule has 0 aliphatic carbocycles. The van der Waals surface area contributed by atoms with Gasteiger partial charge in [0.15, 0.2) is 5.78 Å². The van der Waals surface area contributed by atoms with E-state index in [0.29, 0.717) is 18.5 Å². The Labute approximate surface area is 85.4 Å². The number of hydrogen-bond donors (Lipinski definition) is 0. The molecule has 5 heteroatoms. The van der Waals surface area contributed by atoms with Crippen molar-refractivity contribution in [1.29, 1.82) is 0 Å². The van der Waals surface area contributed by atoms with Crippen molar-refractivity contribution in [1.82, 2.24) is 4.90 Å². The smallest absolute Gasteiger partial charge is 0.259 e. The molecule has 0 N–H and O–H groups in total. The van der Waals surface area contributed by atoms with Crippen LogP contribution < -0.4 is 0 Å². The normalized spacial score (nSPS) is 16.4. The van der Waals surface area contributed by atoms with E-state index in [1.54, 1.807) is 0 Å². The van der Waals surface area contributed by atoms with E-state index >= 15 is 0 Å². The number of nitrogens with zero attached hydrogens (tertiary/aromatic N) is 1. The van der Waals surface area contributed by atoms with Gasteiger partial charge in [-0.15, -0.1) is 0 Å². The first kappa shape index (κ1) is 9.27. The highest BCUT2D eigenvalue weighted by Crippen LogP contribution is 2.20. The summed E-state index contributed by atoms with van der Waals surface area (Å²) in [5, 5.41) is 0.0781. The lowest BCUT2D eigenvalue weighted by Crippen LogP contribution is -2.28. The van der Waals surface area contributed by atoms with E-state index in [1.807, 2.05) is 0 Å². The minimum Gasteiger partial charge on any atom is -0.452 e. The summed E-state index contributed by atoms with van der Waals surface area (Å²) >= 11 is 5.65. The van der Waals surface area contributed by atoms with Crippen molar-refractivity contribution in [3.05, 3.63) is 23.1 Å². The van der Waals surface area contributed by atoms with Crippen LogP contribution in [0.3, 0.4) is 0 Å². The van der Waals surface area contributed by atoms with Gasteiger partial charge in [-0.3, -0.25) is 9.59 Å². The van der Waals surface area contributed by atoms with Crippen LogP contribution in [0.1, 0.15) is 16.8 Å². The van der Waals surface area contributed by atoms with Crippen molar-refractivity contribution < 1.29 is 14.0 Å². The maximum absolute atomic E-state index is 11.7. The molecule has 1 aliphatic heterocycles. The number of furan rings is 1. The average molecular weight is 214 g/mol. The second-order valence-electron chi connectivity index (χ2n) is 3.12. The molecule has 1 aromatic heterocycles. The second kappa shape index (κ2) is 3.46. The predicted octanol–water partition coefficient (Wildman–Crippen LogP) is 1.35. The number of likely N-dealkylation sites (tertiary alicyclic amines) is 1. The molecule has 1 amide bonds. The lowest BCUT2D eigenvalue weighted by atomic mass is 10.3. The van der Waals surface area contributed by atoms with Gasteiger partial charge in [0.25, 0.3) is 5.91 Å². The van der Waals surface area contributed by atoms with E-state index in [-0.39, 0.29) is 23.5 Å². The molecule has 0 bridgehead atoms. The summed E-state index contributed by atoms with van der Waals surface area (Å²) in [6, 6.07) is 1.51. The first-order chi connectivity index (χ1) is 6.68. The second-order valence-corrected chi connectivity index (χ2v) is 3.47. The molecule has 0 atom stereocenters. The van der Waals surface area contributed by atoms with Gasteiger partial charge in [0, 0.05) is 13.0 Å². The van der Waals surface area contributed by atoms with Gasteiger partial charge >= 0.3 is 0 Å². The van der Waals surface area contributed by atoms with Crippen LogP contribution in [0.4, 0.5) is 0 Å². The molecule has 0 unspecified atom stereocenters. The molecular weight excluding hydrogens is 206 g/mol. The van der Waals surface area contributed by atoms with Gasteiger partial charge in [0.1, 0.15) is 0 Å². The zero-order valence-electron chi connectivity index (χ0n) is 7.33. The molecule has 0 aromatic carbocycles. The van der Waals surface area contributed by atoms with Gasteiger partial charge in [-0.05, 0) is 17.7 Å². The van der Waals surface area contributed by atoms with Gasteiger partial charge in [0.05, 0.1) is 18.4 Å². The minimum absolute atomic E-state index is 0.0781. The summed E-state index contributed by atoms with van der Waals surface area (Å²) in [5.74, 6) is -0.160. The third-order valence-corrected chi connectivity index (χ3v) is 2.46. The van der Waals surface area contributed by atoms with E-state index in [4.69, 9.17) is 16.0 Å². The monoisotopic (exact) mass is 213 g/mol. The van der Waals surface area contributed by atoms with Crippen LogP contribution in [0.15, 0.2) is 16.7 Å². The quantitative estimate of drug-likeness (QED) is 0.708. The van der Waals surface area contributed by atoms with Gasteiger partial charge < -0.3 is 9.32 Å². The Bertz CT molecular complexity index is 385. The highest BCUT2D eigenvalue weighted by atomic mass is 35.5. The summed E-state index contributed by atoms with van der Waals surface area (Å²) in [7, 11) is 0. The topological polar surface area (TPSA) is 50.5 Å². The van der Waals surface area contributed by atoms with E-state index in [9.17, 15) is 9.59 Å². The number of amides is 1. The van der Waals surface area contributed by atoms with Crippen molar-refractivity contribution in [2.75, 3.05) is 13.1 Å². The molecule has 14 heavy (non-hydrogen) atoms. The SMILES string of the molecule is O=C1CCN(C(=O)c2ccoc2Cl)C1. The van der Waals surface area contributed by atoms with Crippen molar-refractivity contribution in [2.24, 2.45) is 0 Å². The average Bonchev–Trinajstić information content (AvgIpc) is 2.73. The summed E-state index contributed by atoms with van der Waals surface area (Å²) in [6.45, 7) is 0.652. The maximum Gasteiger partial charge on any atom is 0.259 e. The van der Waals surface area contributed by atoms with Crippen LogP contribution in [0, 0.1) is 0 Å². The predicted molar refractivity (Wildman–Crippen MR) is 49.2 cm³/mol. The Balaban J connectivity index is 2.17. The number of carbonyl (C=O) groups is 2. The number of Topliss-reactive ketones (excluding diaryl/α,β-unsaturated/α-hetero) is 1. The summed E-state index contributed by atoms with van der Waals surface area (Å²) in [6.07, 6.45) is 1.79. The number of rotatable bonds is 1. The third kappa shape index (κ3) is 1.53. The summed E-state index contributed by atoms with van der Waals surface area (Å²) in [4.78, 5) is 24.1. The zero-order chi connectivity index (χ0) is 10.1. The summed E-state index contributed by atoms with van der Waals surface area (Å²) in [5.41, 5.74) is 0.321. The Morgan fingerprint density at radius 3 is 2.86 bits per heavy atom. The largest absolute Gasteiger partial charge is 0.452 e. The molecule has 0 saturated carbocycles. The fourth-order valence-electron chi connectivity index (χ4n) is 1.42. The van der Waals surface area contributed by atoms with Crippen LogP contribution in [-0.2, 0) is 4.79 Å². The number of ketones is 1. The molecule has 2 heterocycles. The Morgan fingerprint density at radius 2 is 2.36 bits per heavy atom. The van der Waals surface area contributed by atoms with Crippen LogP contribution >= 0.6 is 11.6 Å². The Morgan fingerprint density at radius 1 is 1.57 bits per heavy atom. The maximum atomic E-state index is 11.7. The Hall–Kier alpha value is -1.29. The van der Waals surface area contributed by atoms with E-state index in [1.165, 1.54) is 17.2 Å². The van der Waals surface area contributed by atoms with Crippen LogP contribution in [0.5, 0.6) is 0 Å². The van der Waals surface area contributed by atoms with Crippen molar-refractivity contribution >= 4 is 23.3 Å². The lowest BCUT2D eigenvalue weighted by molar-refractivity contribution is -0.116. The highest BCUT2D eigenvalue weighted by Gasteiger charge is 2.26. The fourth-order valence-corrected chi connectivity index (χ4v) is 1.62. The lowest BCUT2D eigenvalue weighted by Gasteiger charge is -2.12. The molecule has 1 fully saturated rings. The molecule has 2 rings (SSSR count). The molecule has 0 radical (unpaired) electrons. The molecule has 0 spiro atoms. The van der Waals surface area contributed by atoms with E-state index in [2.05, 4.69) is 0 Å². The van der Waals surface area contributed by atoms with E-state index < -0.39 is 0 Å². The van der Waals surface area contributed by atoms with Gasteiger partial charge in [-0.1, -0.05) is 0 Å². The molecule has 74 valence electrons. The van der Waals surface area contributed by atoms with Crippen LogP contribution in [0.2, 0.25) is 5.22 Å². The van der Waals surface area contributed by atoms with Crippen molar-refractivity contribution in [3.63, 3.8) is 0 Å². The van der Waals surface area contributed by atoms with Crippen molar-refractivity contribution in [2.45, 2.75) is 6.42 Å². The Kier molecular flexibility index (Phi) is 2.29. The molecule has 1 aliphatic rings. The number of halogens is 1.